The molecule has 190 valence electrons. The van der Waals surface area contributed by atoms with Crippen LogP contribution in [0.4, 0.5) is 0 Å². The summed E-state index contributed by atoms with van der Waals surface area (Å²) < 4.78 is 0. The minimum absolute atomic E-state index is 0.948. The Hall–Kier alpha value is -2.74. The third-order valence-corrected chi connectivity index (χ3v) is 7.41. The first-order valence-electron chi connectivity index (χ1n) is 14.6. The highest BCUT2D eigenvalue weighted by Gasteiger charge is 2.07. The van der Waals surface area contributed by atoms with E-state index in [1.54, 1.807) is 0 Å². The molecule has 0 atom stereocenters. The largest absolute Gasteiger partial charge is 0.246 e. The fraction of sp³-hybridized carbons (Fsp3) is 0.471. The third kappa shape index (κ3) is 7.63. The molecule has 0 fully saturated rings. The molecule has 2 heteroatoms. The van der Waals surface area contributed by atoms with E-state index in [1.807, 2.05) is 0 Å². The van der Waals surface area contributed by atoms with Crippen LogP contribution in [0.15, 0.2) is 60.7 Å². The van der Waals surface area contributed by atoms with E-state index in [0.717, 1.165) is 35.3 Å². The van der Waals surface area contributed by atoms with Crippen LogP contribution in [0, 0.1) is 0 Å². The lowest BCUT2D eigenvalue weighted by Gasteiger charge is -2.08. The molecule has 0 amide bonds. The van der Waals surface area contributed by atoms with E-state index < -0.39 is 0 Å². The summed E-state index contributed by atoms with van der Waals surface area (Å²) in [5.74, 6) is 0. The molecular weight excluding hydrogens is 436 g/mol. The maximum Gasteiger partial charge on any atom is 0.0894 e. The first-order chi connectivity index (χ1) is 17.8. The molecule has 0 bridgehead atoms. The van der Waals surface area contributed by atoms with Gasteiger partial charge in [-0.15, -0.1) is 0 Å². The number of unbranched alkanes of at least 4 members (excludes halogenated alkanes) is 10. The fourth-order valence-corrected chi connectivity index (χ4v) is 5.17. The quantitative estimate of drug-likeness (QED) is 0.158. The molecule has 0 N–H and O–H groups in total. The molecule has 0 saturated carbocycles. The molecule has 0 aliphatic rings. The van der Waals surface area contributed by atoms with Crippen LogP contribution >= 0.6 is 0 Å². The maximum atomic E-state index is 4.95. The van der Waals surface area contributed by atoms with Crippen molar-refractivity contribution in [2.75, 3.05) is 0 Å². The van der Waals surface area contributed by atoms with Crippen LogP contribution in [0.2, 0.25) is 0 Å². The lowest BCUT2D eigenvalue weighted by atomic mass is 10.0. The highest BCUT2D eigenvalue weighted by molar-refractivity contribution is 5.84. The predicted molar refractivity (Wildman–Crippen MR) is 157 cm³/mol. The number of fused-ring (bicyclic) bond motifs is 2. The maximum absolute atomic E-state index is 4.95. The minimum Gasteiger partial charge on any atom is -0.246 e. The molecule has 0 spiro atoms. The van der Waals surface area contributed by atoms with Crippen molar-refractivity contribution in [3.63, 3.8) is 0 Å². The van der Waals surface area contributed by atoms with Crippen molar-refractivity contribution in [3.8, 4) is 11.4 Å². The van der Waals surface area contributed by atoms with Crippen LogP contribution in [0.3, 0.4) is 0 Å². The fourth-order valence-electron chi connectivity index (χ4n) is 5.17. The van der Waals surface area contributed by atoms with Gasteiger partial charge in [-0.3, -0.25) is 0 Å². The Morgan fingerprint density at radius 1 is 0.444 bits per heavy atom. The molecule has 36 heavy (non-hydrogen) atoms. The van der Waals surface area contributed by atoms with E-state index >= 15 is 0 Å². The van der Waals surface area contributed by atoms with Crippen molar-refractivity contribution in [1.82, 2.24) is 9.97 Å². The number of benzene rings is 2. The molecule has 0 unspecified atom stereocenters. The Labute approximate surface area is 218 Å². The molecule has 0 radical (unpaired) electrons. The van der Waals surface area contributed by atoms with Crippen LogP contribution in [0.25, 0.3) is 33.2 Å². The standard InChI is InChI=1S/C34H44N2/c1-3-5-7-9-11-13-15-27-17-21-31-29(25-27)19-23-33(35-31)34-24-20-30-26-28(18-22-32(30)36-34)16-14-12-10-8-6-4-2/h17-26H,3-16H2,1-2H3. The van der Waals surface area contributed by atoms with Crippen molar-refractivity contribution in [1.29, 1.82) is 0 Å². The minimum atomic E-state index is 0.948. The number of rotatable bonds is 15. The van der Waals surface area contributed by atoms with Crippen LogP contribution < -0.4 is 0 Å². The van der Waals surface area contributed by atoms with E-state index in [-0.39, 0.29) is 0 Å². The van der Waals surface area contributed by atoms with E-state index in [9.17, 15) is 0 Å². The average molecular weight is 481 g/mol. The van der Waals surface area contributed by atoms with Gasteiger partial charge >= 0.3 is 0 Å². The number of hydrogen-bond donors (Lipinski definition) is 0. The van der Waals surface area contributed by atoms with E-state index in [2.05, 4.69) is 74.5 Å². The Morgan fingerprint density at radius 3 is 1.31 bits per heavy atom. The van der Waals surface area contributed by atoms with Gasteiger partial charge in [0, 0.05) is 10.8 Å². The normalized spacial score (nSPS) is 11.5. The molecule has 4 rings (SSSR count). The highest BCUT2D eigenvalue weighted by atomic mass is 14.8. The van der Waals surface area contributed by atoms with Crippen molar-refractivity contribution >= 4 is 21.8 Å². The first-order valence-corrected chi connectivity index (χ1v) is 14.6. The SMILES string of the molecule is CCCCCCCCc1ccc2nc(-c3ccc4cc(CCCCCCCC)ccc4n3)ccc2c1. The summed E-state index contributed by atoms with van der Waals surface area (Å²) in [5, 5.41) is 2.45. The Bertz CT molecular complexity index is 1130. The van der Waals surface area contributed by atoms with Crippen LogP contribution in [0.1, 0.15) is 102 Å². The van der Waals surface area contributed by atoms with E-state index in [1.165, 1.54) is 98.9 Å². The molecule has 2 aromatic heterocycles. The monoisotopic (exact) mass is 480 g/mol. The molecule has 4 aromatic rings. The molecule has 0 aliphatic carbocycles. The van der Waals surface area contributed by atoms with Crippen LogP contribution in [-0.2, 0) is 12.8 Å². The Kier molecular flexibility index (Phi) is 10.3. The molecule has 2 aromatic carbocycles. The van der Waals surface area contributed by atoms with Gasteiger partial charge in [-0.2, -0.15) is 0 Å². The number of aryl methyl sites for hydroxylation is 2. The zero-order valence-electron chi connectivity index (χ0n) is 22.6. The van der Waals surface area contributed by atoms with E-state index in [4.69, 9.17) is 9.97 Å². The second kappa shape index (κ2) is 14.1. The van der Waals surface area contributed by atoms with E-state index in [0.29, 0.717) is 0 Å². The van der Waals surface area contributed by atoms with Gasteiger partial charge in [0.1, 0.15) is 0 Å². The van der Waals surface area contributed by atoms with Gasteiger partial charge in [-0.25, -0.2) is 9.97 Å². The van der Waals surface area contributed by atoms with Gasteiger partial charge in [-0.1, -0.05) is 102 Å². The second-order valence-corrected chi connectivity index (χ2v) is 10.5. The molecule has 0 saturated heterocycles. The van der Waals surface area contributed by atoms with Crippen LogP contribution in [0.5, 0.6) is 0 Å². The van der Waals surface area contributed by atoms with Crippen molar-refractivity contribution in [2.45, 2.75) is 104 Å². The zero-order chi connectivity index (χ0) is 25.0. The summed E-state index contributed by atoms with van der Waals surface area (Å²) in [6.07, 6.45) is 18.4. The smallest absolute Gasteiger partial charge is 0.0894 e. The number of hydrogen-bond acceptors (Lipinski definition) is 2. The van der Waals surface area contributed by atoms with Gasteiger partial charge in [0.25, 0.3) is 0 Å². The third-order valence-electron chi connectivity index (χ3n) is 7.41. The summed E-state index contributed by atoms with van der Waals surface area (Å²) in [6, 6.07) is 22.2. The van der Waals surface area contributed by atoms with Gasteiger partial charge < -0.3 is 0 Å². The van der Waals surface area contributed by atoms with Crippen molar-refractivity contribution in [2.24, 2.45) is 0 Å². The zero-order valence-corrected chi connectivity index (χ0v) is 22.6. The summed E-state index contributed by atoms with van der Waals surface area (Å²) >= 11 is 0. The Morgan fingerprint density at radius 2 is 0.861 bits per heavy atom. The predicted octanol–water partition coefficient (Wildman–Crippen LogP) is 10.3. The lowest BCUT2D eigenvalue weighted by molar-refractivity contribution is 0.607. The van der Waals surface area contributed by atoms with Crippen molar-refractivity contribution in [3.05, 3.63) is 71.8 Å². The number of aromatic nitrogens is 2. The lowest BCUT2D eigenvalue weighted by Crippen LogP contribution is -1.92. The molecule has 2 heterocycles. The molecular formula is C34H44N2. The van der Waals surface area contributed by atoms with Crippen LogP contribution in [-0.4, -0.2) is 9.97 Å². The first kappa shape index (κ1) is 26.3. The average Bonchev–Trinajstić information content (AvgIpc) is 2.92. The van der Waals surface area contributed by atoms with Gasteiger partial charge in [0.2, 0.25) is 0 Å². The summed E-state index contributed by atoms with van der Waals surface area (Å²) in [7, 11) is 0. The summed E-state index contributed by atoms with van der Waals surface area (Å²) in [5.41, 5.74) is 6.85. The van der Waals surface area contributed by atoms with Gasteiger partial charge in [0.15, 0.2) is 0 Å². The highest BCUT2D eigenvalue weighted by Crippen LogP contribution is 2.24. The molecule has 0 aliphatic heterocycles. The topological polar surface area (TPSA) is 25.8 Å². The second-order valence-electron chi connectivity index (χ2n) is 10.5. The number of nitrogens with zero attached hydrogens (tertiary/aromatic N) is 2. The van der Waals surface area contributed by atoms with Crippen molar-refractivity contribution < 1.29 is 0 Å². The number of pyridine rings is 2. The van der Waals surface area contributed by atoms with Gasteiger partial charge in [-0.05, 0) is 73.2 Å². The summed E-state index contributed by atoms with van der Waals surface area (Å²) in [6.45, 7) is 4.55. The Balaban J connectivity index is 1.37. The van der Waals surface area contributed by atoms with Gasteiger partial charge in [0.05, 0.1) is 22.4 Å². The summed E-state index contributed by atoms with van der Waals surface area (Å²) in [4.78, 5) is 9.90. The molecule has 2 nitrogen and oxygen atoms in total.